The highest BCUT2D eigenvalue weighted by molar-refractivity contribution is 5.86. The molecule has 0 radical (unpaired) electrons. The Labute approximate surface area is 148 Å². The van der Waals surface area contributed by atoms with Gasteiger partial charge in [0.2, 0.25) is 5.95 Å². The highest BCUT2D eigenvalue weighted by Gasteiger charge is 2.27. The van der Waals surface area contributed by atoms with Crippen molar-refractivity contribution in [2.75, 3.05) is 30.3 Å². The molecule has 2 N–H and O–H groups in total. The summed E-state index contributed by atoms with van der Waals surface area (Å²) in [5, 5.41) is 5.29. The Balaban J connectivity index is 1.51. The number of nitrogens with zero attached hydrogens (tertiary/aromatic N) is 5. The zero-order valence-corrected chi connectivity index (χ0v) is 15.4. The maximum absolute atomic E-state index is 6.18. The summed E-state index contributed by atoms with van der Waals surface area (Å²) in [6, 6.07) is 0. The Hall–Kier alpha value is -1.89. The Bertz CT molecular complexity index is 753. The normalized spacial score (nSPS) is 19.7. The van der Waals surface area contributed by atoms with Gasteiger partial charge in [0.25, 0.3) is 0 Å². The number of ether oxygens (including phenoxy) is 1. The van der Waals surface area contributed by atoms with Gasteiger partial charge in [-0.15, -0.1) is 0 Å². The summed E-state index contributed by atoms with van der Waals surface area (Å²) in [6.45, 7) is 9.08. The largest absolute Gasteiger partial charge is 0.383 e. The first-order chi connectivity index (χ1) is 11.9. The van der Waals surface area contributed by atoms with Crippen molar-refractivity contribution in [1.82, 2.24) is 19.7 Å². The molecule has 2 fully saturated rings. The molecule has 136 valence electrons. The molecule has 1 saturated carbocycles. The van der Waals surface area contributed by atoms with Crippen LogP contribution in [0.5, 0.6) is 0 Å². The van der Waals surface area contributed by atoms with Gasteiger partial charge in [-0.05, 0) is 52.4 Å². The summed E-state index contributed by atoms with van der Waals surface area (Å²) in [5.74, 6) is 2.03. The second-order valence-corrected chi connectivity index (χ2v) is 8.34. The Morgan fingerprint density at radius 2 is 1.88 bits per heavy atom. The average molecular weight is 344 g/mol. The quantitative estimate of drug-likeness (QED) is 0.918. The summed E-state index contributed by atoms with van der Waals surface area (Å²) in [7, 11) is 0. The predicted molar refractivity (Wildman–Crippen MR) is 98.6 cm³/mol. The van der Waals surface area contributed by atoms with E-state index in [1.54, 1.807) is 6.20 Å². The van der Waals surface area contributed by atoms with E-state index in [2.05, 4.69) is 35.8 Å². The zero-order chi connectivity index (χ0) is 17.6. The van der Waals surface area contributed by atoms with E-state index < -0.39 is 0 Å². The van der Waals surface area contributed by atoms with Crippen molar-refractivity contribution in [1.29, 1.82) is 0 Å². The van der Waals surface area contributed by atoms with Crippen LogP contribution in [-0.4, -0.2) is 45.5 Å². The van der Waals surface area contributed by atoms with Gasteiger partial charge < -0.3 is 15.4 Å². The zero-order valence-electron chi connectivity index (χ0n) is 15.4. The fourth-order valence-electron chi connectivity index (χ4n) is 3.33. The standard InChI is InChI=1S/C18H28N6O/c1-18(2,3)24-16-14(10-20-24)15(19)21-17(22-16)23-8-6-13(7-9-23)25-11-12-4-5-12/h10,12-13H,4-9,11H2,1-3H3,(H2,19,21,22). The van der Waals surface area contributed by atoms with Crippen LogP contribution in [0.3, 0.4) is 0 Å². The van der Waals surface area contributed by atoms with Crippen LogP contribution in [0.15, 0.2) is 6.20 Å². The molecule has 0 aromatic carbocycles. The molecule has 1 saturated heterocycles. The van der Waals surface area contributed by atoms with E-state index in [0.717, 1.165) is 49.5 Å². The van der Waals surface area contributed by atoms with E-state index in [0.29, 0.717) is 17.9 Å². The number of nitrogens with two attached hydrogens (primary N) is 1. The molecule has 25 heavy (non-hydrogen) atoms. The lowest BCUT2D eigenvalue weighted by molar-refractivity contribution is 0.0303. The number of hydrogen-bond acceptors (Lipinski definition) is 6. The van der Waals surface area contributed by atoms with E-state index in [-0.39, 0.29) is 5.54 Å². The van der Waals surface area contributed by atoms with Crippen LogP contribution in [0.25, 0.3) is 11.0 Å². The Kier molecular flexibility index (Phi) is 4.06. The van der Waals surface area contributed by atoms with Gasteiger partial charge in [-0.25, -0.2) is 4.68 Å². The van der Waals surface area contributed by atoms with Crippen LogP contribution in [-0.2, 0) is 10.3 Å². The van der Waals surface area contributed by atoms with Crippen LogP contribution in [0, 0.1) is 5.92 Å². The monoisotopic (exact) mass is 344 g/mol. The smallest absolute Gasteiger partial charge is 0.229 e. The number of fused-ring (bicyclic) bond motifs is 1. The van der Waals surface area contributed by atoms with Gasteiger partial charge >= 0.3 is 0 Å². The first kappa shape index (κ1) is 16.6. The molecule has 2 aliphatic rings. The van der Waals surface area contributed by atoms with Gasteiger partial charge in [0.05, 0.1) is 23.2 Å². The van der Waals surface area contributed by atoms with E-state index in [4.69, 9.17) is 15.5 Å². The molecule has 4 rings (SSSR count). The molecule has 2 aromatic heterocycles. The third-order valence-electron chi connectivity index (χ3n) is 5.07. The summed E-state index contributed by atoms with van der Waals surface area (Å²) in [4.78, 5) is 11.5. The Morgan fingerprint density at radius 3 is 2.52 bits per heavy atom. The van der Waals surface area contributed by atoms with Gasteiger partial charge in [0.15, 0.2) is 5.65 Å². The lowest BCUT2D eigenvalue weighted by Crippen LogP contribution is -2.38. The summed E-state index contributed by atoms with van der Waals surface area (Å²) in [6.07, 6.45) is 6.86. The van der Waals surface area contributed by atoms with Crippen molar-refractivity contribution in [3.8, 4) is 0 Å². The molecule has 7 heteroatoms. The SMILES string of the molecule is CC(C)(C)n1ncc2c(N)nc(N3CCC(OCC4CC4)CC3)nc21. The maximum Gasteiger partial charge on any atom is 0.229 e. The summed E-state index contributed by atoms with van der Waals surface area (Å²) in [5.41, 5.74) is 6.84. The van der Waals surface area contributed by atoms with Crippen molar-refractivity contribution in [2.24, 2.45) is 5.92 Å². The van der Waals surface area contributed by atoms with Crippen LogP contribution in [0.4, 0.5) is 11.8 Å². The second-order valence-electron chi connectivity index (χ2n) is 8.34. The van der Waals surface area contributed by atoms with Crippen molar-refractivity contribution >= 4 is 22.8 Å². The molecule has 7 nitrogen and oxygen atoms in total. The molecule has 0 bridgehead atoms. The lowest BCUT2D eigenvalue weighted by Gasteiger charge is -2.32. The first-order valence-corrected chi connectivity index (χ1v) is 9.30. The van der Waals surface area contributed by atoms with Crippen LogP contribution in [0.2, 0.25) is 0 Å². The fraction of sp³-hybridized carbons (Fsp3) is 0.722. The van der Waals surface area contributed by atoms with Crippen molar-refractivity contribution in [3.05, 3.63) is 6.20 Å². The molecular formula is C18H28N6O. The predicted octanol–water partition coefficient (Wildman–Crippen LogP) is 2.56. The second kappa shape index (κ2) is 6.12. The minimum Gasteiger partial charge on any atom is -0.383 e. The third-order valence-corrected chi connectivity index (χ3v) is 5.07. The Morgan fingerprint density at radius 1 is 1.16 bits per heavy atom. The average Bonchev–Trinajstić information content (AvgIpc) is 3.29. The van der Waals surface area contributed by atoms with Crippen LogP contribution in [0.1, 0.15) is 46.5 Å². The number of aromatic nitrogens is 4. The number of anilines is 2. The fourth-order valence-corrected chi connectivity index (χ4v) is 3.33. The van der Waals surface area contributed by atoms with E-state index in [9.17, 15) is 0 Å². The van der Waals surface area contributed by atoms with Crippen LogP contribution < -0.4 is 10.6 Å². The molecule has 0 amide bonds. The minimum atomic E-state index is -0.149. The topological polar surface area (TPSA) is 82.1 Å². The maximum atomic E-state index is 6.18. The van der Waals surface area contributed by atoms with Gasteiger partial charge in [-0.1, -0.05) is 0 Å². The van der Waals surface area contributed by atoms with E-state index >= 15 is 0 Å². The third kappa shape index (κ3) is 3.42. The lowest BCUT2D eigenvalue weighted by atomic mass is 10.1. The van der Waals surface area contributed by atoms with Crippen molar-refractivity contribution in [3.63, 3.8) is 0 Å². The molecule has 0 spiro atoms. The van der Waals surface area contributed by atoms with Gasteiger partial charge in [-0.2, -0.15) is 15.1 Å². The molecular weight excluding hydrogens is 316 g/mol. The van der Waals surface area contributed by atoms with E-state index in [1.807, 2.05) is 4.68 Å². The summed E-state index contributed by atoms with van der Waals surface area (Å²) >= 11 is 0. The highest BCUT2D eigenvalue weighted by atomic mass is 16.5. The van der Waals surface area contributed by atoms with E-state index in [1.165, 1.54) is 12.8 Å². The molecule has 2 aromatic rings. The number of rotatable bonds is 4. The van der Waals surface area contributed by atoms with Crippen LogP contribution >= 0.6 is 0 Å². The summed E-state index contributed by atoms with van der Waals surface area (Å²) < 4.78 is 7.96. The van der Waals surface area contributed by atoms with Crippen molar-refractivity contribution < 1.29 is 4.74 Å². The highest BCUT2D eigenvalue weighted by Crippen LogP contribution is 2.31. The number of hydrogen-bond donors (Lipinski definition) is 1. The van der Waals surface area contributed by atoms with Gasteiger partial charge in [-0.3, -0.25) is 0 Å². The first-order valence-electron chi connectivity index (χ1n) is 9.30. The molecule has 3 heterocycles. The molecule has 1 aliphatic heterocycles. The minimum absolute atomic E-state index is 0.149. The molecule has 1 aliphatic carbocycles. The number of piperidine rings is 1. The van der Waals surface area contributed by atoms with Gasteiger partial charge in [0.1, 0.15) is 5.82 Å². The van der Waals surface area contributed by atoms with Gasteiger partial charge in [0, 0.05) is 19.7 Å². The van der Waals surface area contributed by atoms with Crippen molar-refractivity contribution in [2.45, 2.75) is 58.1 Å². The number of nitrogen functional groups attached to an aromatic ring is 1. The molecule has 0 unspecified atom stereocenters. The molecule has 0 atom stereocenters.